The molecule has 0 aliphatic heterocycles. The van der Waals surface area contributed by atoms with E-state index >= 15 is 0 Å². The van der Waals surface area contributed by atoms with Crippen molar-refractivity contribution in [2.24, 2.45) is 0 Å². The number of para-hydroxylation sites is 1. The second-order valence-corrected chi connectivity index (χ2v) is 7.91. The van der Waals surface area contributed by atoms with Crippen molar-refractivity contribution >= 4 is 27.8 Å². The number of nitrogens with one attached hydrogen (secondary N) is 1. The molecular formula is C27H30N6O. The van der Waals surface area contributed by atoms with E-state index in [0.717, 1.165) is 44.6 Å². The standard InChI is InChI=1S/C25H24N6O.C2H6/c1-4-30(24-22-23(27-14-26-22)28-15-29-24)13-19-12-18-10-7-9-17(3)21(18)25(32)31(19)20-11-6-5-8-16(20)2;1-2/h5-12,14-15H,4,13H2,1-3H3,(H,26,27,28,29);1-2H3. The van der Waals surface area contributed by atoms with Gasteiger partial charge in [0, 0.05) is 12.2 Å². The van der Waals surface area contributed by atoms with Gasteiger partial charge >= 0.3 is 0 Å². The summed E-state index contributed by atoms with van der Waals surface area (Å²) in [5.41, 5.74) is 5.22. The quantitative estimate of drug-likeness (QED) is 0.388. The number of rotatable bonds is 5. The first-order valence-corrected chi connectivity index (χ1v) is 11.7. The van der Waals surface area contributed by atoms with E-state index < -0.39 is 0 Å². The molecule has 3 aromatic heterocycles. The first-order chi connectivity index (χ1) is 16.6. The highest BCUT2D eigenvalue weighted by Gasteiger charge is 2.19. The number of pyridine rings is 1. The van der Waals surface area contributed by atoms with Gasteiger partial charge < -0.3 is 9.88 Å². The highest BCUT2D eigenvalue weighted by molar-refractivity contribution is 5.86. The van der Waals surface area contributed by atoms with E-state index in [9.17, 15) is 4.79 Å². The molecule has 1 N–H and O–H groups in total. The van der Waals surface area contributed by atoms with Crippen LogP contribution in [0, 0.1) is 13.8 Å². The van der Waals surface area contributed by atoms with E-state index in [-0.39, 0.29) is 5.56 Å². The minimum atomic E-state index is -0.00433. The molecule has 174 valence electrons. The van der Waals surface area contributed by atoms with E-state index in [2.05, 4.69) is 37.8 Å². The van der Waals surface area contributed by atoms with E-state index in [1.807, 2.05) is 74.7 Å². The molecule has 34 heavy (non-hydrogen) atoms. The number of imidazole rings is 1. The van der Waals surface area contributed by atoms with Gasteiger partial charge in [-0.15, -0.1) is 0 Å². The lowest BCUT2D eigenvalue weighted by molar-refractivity contribution is 0.761. The molecule has 7 nitrogen and oxygen atoms in total. The molecule has 7 heteroatoms. The van der Waals surface area contributed by atoms with Crippen LogP contribution in [0.1, 0.15) is 37.6 Å². The second-order valence-electron chi connectivity index (χ2n) is 7.91. The Labute approximate surface area is 199 Å². The van der Waals surface area contributed by atoms with Gasteiger partial charge in [-0.05, 0) is 49.4 Å². The molecule has 0 fully saturated rings. The number of aromatic amines is 1. The van der Waals surface area contributed by atoms with Crippen molar-refractivity contribution in [1.82, 2.24) is 24.5 Å². The molecule has 0 aliphatic carbocycles. The lowest BCUT2D eigenvalue weighted by Gasteiger charge is -2.25. The predicted molar refractivity (Wildman–Crippen MR) is 139 cm³/mol. The van der Waals surface area contributed by atoms with Crippen molar-refractivity contribution in [2.45, 2.75) is 41.2 Å². The van der Waals surface area contributed by atoms with Gasteiger partial charge in [-0.25, -0.2) is 15.0 Å². The van der Waals surface area contributed by atoms with Gasteiger partial charge in [0.1, 0.15) is 11.8 Å². The summed E-state index contributed by atoms with van der Waals surface area (Å²) in [4.78, 5) is 32.1. The molecule has 5 aromatic rings. The number of benzene rings is 2. The number of anilines is 1. The summed E-state index contributed by atoms with van der Waals surface area (Å²) >= 11 is 0. The second kappa shape index (κ2) is 9.87. The highest BCUT2D eigenvalue weighted by Crippen LogP contribution is 2.25. The average Bonchev–Trinajstić information content (AvgIpc) is 3.34. The Morgan fingerprint density at radius 3 is 2.50 bits per heavy atom. The molecule has 0 bridgehead atoms. The molecule has 0 saturated heterocycles. The SMILES string of the molecule is CC.CCN(Cc1cc2cccc(C)c2c(=O)n1-c1ccccc1C)c1ncnc2nc[nH]c12. The normalized spacial score (nSPS) is 10.9. The molecule has 0 amide bonds. The van der Waals surface area contributed by atoms with Crippen molar-refractivity contribution in [3.8, 4) is 5.69 Å². The zero-order valence-electron chi connectivity index (χ0n) is 20.3. The van der Waals surface area contributed by atoms with Gasteiger partial charge in [-0.1, -0.05) is 50.2 Å². The lowest BCUT2D eigenvalue weighted by atomic mass is 10.0. The van der Waals surface area contributed by atoms with Crippen LogP contribution in [0.15, 0.2) is 66.0 Å². The van der Waals surface area contributed by atoms with Gasteiger partial charge in [-0.2, -0.15) is 0 Å². The summed E-state index contributed by atoms with van der Waals surface area (Å²) in [6.45, 7) is 11.3. The fourth-order valence-corrected chi connectivity index (χ4v) is 4.31. The van der Waals surface area contributed by atoms with Crippen molar-refractivity contribution < 1.29 is 0 Å². The predicted octanol–water partition coefficient (Wildman–Crippen LogP) is 5.33. The smallest absolute Gasteiger partial charge is 0.263 e. The zero-order chi connectivity index (χ0) is 24.2. The van der Waals surface area contributed by atoms with Crippen LogP contribution < -0.4 is 10.5 Å². The average molecular weight is 455 g/mol. The lowest BCUT2D eigenvalue weighted by Crippen LogP contribution is -2.30. The molecule has 0 saturated carbocycles. The monoisotopic (exact) mass is 454 g/mol. The summed E-state index contributed by atoms with van der Waals surface area (Å²) in [6, 6.07) is 16.1. The van der Waals surface area contributed by atoms with Crippen LogP contribution in [0.5, 0.6) is 0 Å². The van der Waals surface area contributed by atoms with Gasteiger partial charge in [0.15, 0.2) is 11.5 Å². The fraction of sp³-hybridized carbons (Fsp3) is 0.259. The topological polar surface area (TPSA) is 79.7 Å². The third-order valence-corrected chi connectivity index (χ3v) is 5.92. The number of hydrogen-bond donors (Lipinski definition) is 1. The molecular weight excluding hydrogens is 424 g/mol. The van der Waals surface area contributed by atoms with Crippen LogP contribution in [0.2, 0.25) is 0 Å². The van der Waals surface area contributed by atoms with Gasteiger partial charge in [0.05, 0.1) is 23.9 Å². The first kappa shape index (κ1) is 23.2. The molecule has 0 unspecified atom stereocenters. The molecule has 5 rings (SSSR count). The van der Waals surface area contributed by atoms with Crippen molar-refractivity contribution in [2.75, 3.05) is 11.4 Å². The number of hydrogen-bond acceptors (Lipinski definition) is 5. The molecule has 0 atom stereocenters. The summed E-state index contributed by atoms with van der Waals surface area (Å²) in [5.74, 6) is 0.767. The van der Waals surface area contributed by atoms with Crippen molar-refractivity contribution in [3.63, 3.8) is 0 Å². The Balaban J connectivity index is 0.00000133. The highest BCUT2D eigenvalue weighted by atomic mass is 16.1. The Morgan fingerprint density at radius 1 is 0.971 bits per heavy atom. The zero-order valence-corrected chi connectivity index (χ0v) is 20.3. The van der Waals surface area contributed by atoms with Gasteiger partial charge in [0.25, 0.3) is 5.56 Å². The Morgan fingerprint density at radius 2 is 1.74 bits per heavy atom. The Hall–Kier alpha value is -4.00. The van der Waals surface area contributed by atoms with E-state index in [1.165, 1.54) is 6.33 Å². The third kappa shape index (κ3) is 4.05. The fourth-order valence-electron chi connectivity index (χ4n) is 4.31. The van der Waals surface area contributed by atoms with Crippen LogP contribution in [-0.4, -0.2) is 31.0 Å². The van der Waals surface area contributed by atoms with Crippen LogP contribution in [0.4, 0.5) is 5.82 Å². The summed E-state index contributed by atoms with van der Waals surface area (Å²) < 4.78 is 1.85. The molecule has 0 aliphatic rings. The van der Waals surface area contributed by atoms with Crippen LogP contribution >= 0.6 is 0 Å². The Bertz CT molecular complexity index is 1500. The summed E-state index contributed by atoms with van der Waals surface area (Å²) in [6.07, 6.45) is 3.15. The molecule has 0 radical (unpaired) electrons. The minimum absolute atomic E-state index is 0.00433. The maximum atomic E-state index is 13.8. The van der Waals surface area contributed by atoms with Gasteiger partial charge in [-0.3, -0.25) is 9.36 Å². The number of fused-ring (bicyclic) bond motifs is 2. The van der Waals surface area contributed by atoms with E-state index in [0.29, 0.717) is 18.7 Å². The number of nitrogens with zero attached hydrogens (tertiary/aromatic N) is 5. The number of aromatic nitrogens is 5. The minimum Gasteiger partial charge on any atom is -0.349 e. The number of H-pyrrole nitrogens is 1. The molecule has 2 aromatic carbocycles. The molecule has 0 spiro atoms. The third-order valence-electron chi connectivity index (χ3n) is 5.92. The maximum Gasteiger partial charge on any atom is 0.263 e. The van der Waals surface area contributed by atoms with Gasteiger partial charge in [0.2, 0.25) is 0 Å². The van der Waals surface area contributed by atoms with E-state index in [1.54, 1.807) is 6.33 Å². The van der Waals surface area contributed by atoms with Crippen LogP contribution in [0.25, 0.3) is 27.6 Å². The summed E-state index contributed by atoms with van der Waals surface area (Å²) in [7, 11) is 0. The number of aryl methyl sites for hydroxylation is 2. The van der Waals surface area contributed by atoms with Crippen LogP contribution in [0.3, 0.4) is 0 Å². The first-order valence-electron chi connectivity index (χ1n) is 11.7. The largest absolute Gasteiger partial charge is 0.349 e. The van der Waals surface area contributed by atoms with Crippen molar-refractivity contribution in [1.29, 1.82) is 0 Å². The van der Waals surface area contributed by atoms with Crippen molar-refractivity contribution in [3.05, 3.63) is 88.4 Å². The summed E-state index contributed by atoms with van der Waals surface area (Å²) in [5, 5.41) is 1.70. The maximum absolute atomic E-state index is 13.8. The van der Waals surface area contributed by atoms with Crippen LogP contribution in [-0.2, 0) is 6.54 Å². The Kier molecular flexibility index (Phi) is 6.72. The molecule has 3 heterocycles. The van der Waals surface area contributed by atoms with E-state index in [4.69, 9.17) is 0 Å².